The van der Waals surface area contributed by atoms with Crippen LogP contribution in [0.15, 0.2) is 29.6 Å². The summed E-state index contributed by atoms with van der Waals surface area (Å²) in [4.78, 5) is 7.14. The van der Waals surface area contributed by atoms with Crippen LogP contribution in [0.1, 0.15) is 18.5 Å². The van der Waals surface area contributed by atoms with Crippen molar-refractivity contribution in [3.63, 3.8) is 0 Å². The summed E-state index contributed by atoms with van der Waals surface area (Å²) in [6, 6.07) is 0.393. The van der Waals surface area contributed by atoms with Gasteiger partial charge in [0.25, 0.3) is 0 Å². The van der Waals surface area contributed by atoms with Crippen molar-refractivity contribution in [2.24, 2.45) is 7.05 Å². The first-order valence-electron chi connectivity index (χ1n) is 7.72. The molecule has 0 atom stereocenters. The lowest BCUT2D eigenvalue weighted by Gasteiger charge is -2.30. The highest BCUT2D eigenvalue weighted by molar-refractivity contribution is 7.89. The molecule has 26 heavy (non-hydrogen) atoms. The van der Waals surface area contributed by atoms with Crippen LogP contribution in [0.4, 0.5) is 13.2 Å². The lowest BCUT2D eigenvalue weighted by molar-refractivity contribution is -0.141. The van der Waals surface area contributed by atoms with Gasteiger partial charge in [0.15, 0.2) is 5.69 Å². The van der Waals surface area contributed by atoms with Crippen molar-refractivity contribution in [2.45, 2.75) is 30.0 Å². The standard InChI is InChI=1S/C14H16F3N5O3S/c1-21-9-11(8-19-21)26(23,24)22-6-3-10(4-7-22)25-13-18-5-2-12(20-13)14(15,16)17/h2,5,8-10H,3-4,6-7H2,1H3. The van der Waals surface area contributed by atoms with Crippen molar-refractivity contribution in [1.29, 1.82) is 0 Å². The fourth-order valence-electron chi connectivity index (χ4n) is 2.58. The summed E-state index contributed by atoms with van der Waals surface area (Å²) in [7, 11) is -2.03. The van der Waals surface area contributed by atoms with Crippen LogP contribution in [0, 0.1) is 0 Å². The van der Waals surface area contributed by atoms with Crippen molar-refractivity contribution in [3.05, 3.63) is 30.4 Å². The Morgan fingerprint density at radius 2 is 1.96 bits per heavy atom. The second kappa shape index (κ2) is 6.83. The summed E-state index contributed by atoms with van der Waals surface area (Å²) in [6.45, 7) is 0.363. The Bertz CT molecular complexity index is 876. The van der Waals surface area contributed by atoms with E-state index in [0.717, 1.165) is 12.3 Å². The zero-order chi connectivity index (χ0) is 18.9. The summed E-state index contributed by atoms with van der Waals surface area (Å²) in [5.74, 6) is 0. The molecule has 12 heteroatoms. The van der Waals surface area contributed by atoms with E-state index in [1.807, 2.05) is 0 Å². The minimum atomic E-state index is -4.58. The normalized spacial score (nSPS) is 17.4. The lowest BCUT2D eigenvalue weighted by atomic mass is 10.1. The molecule has 142 valence electrons. The third-order valence-electron chi connectivity index (χ3n) is 3.92. The molecule has 0 bridgehead atoms. The lowest BCUT2D eigenvalue weighted by Crippen LogP contribution is -2.41. The van der Waals surface area contributed by atoms with Gasteiger partial charge in [-0.15, -0.1) is 0 Å². The minimum Gasteiger partial charge on any atom is -0.460 e. The quantitative estimate of drug-likeness (QED) is 0.784. The van der Waals surface area contributed by atoms with Gasteiger partial charge >= 0.3 is 12.2 Å². The number of hydrogen-bond acceptors (Lipinski definition) is 6. The highest BCUT2D eigenvalue weighted by atomic mass is 32.2. The van der Waals surface area contributed by atoms with E-state index in [2.05, 4.69) is 15.1 Å². The van der Waals surface area contributed by atoms with E-state index >= 15 is 0 Å². The fraction of sp³-hybridized carbons (Fsp3) is 0.500. The number of nitrogens with zero attached hydrogens (tertiary/aromatic N) is 5. The fourth-order valence-corrected chi connectivity index (χ4v) is 4.03. The molecule has 0 aromatic carbocycles. The number of piperidine rings is 1. The Labute approximate surface area is 147 Å². The van der Waals surface area contributed by atoms with Gasteiger partial charge in [-0.05, 0) is 18.9 Å². The first-order valence-corrected chi connectivity index (χ1v) is 9.16. The zero-order valence-corrected chi connectivity index (χ0v) is 14.5. The molecule has 2 aromatic heterocycles. The second-order valence-corrected chi connectivity index (χ2v) is 7.73. The summed E-state index contributed by atoms with van der Waals surface area (Å²) in [5, 5.41) is 3.85. The predicted octanol–water partition coefficient (Wildman–Crippen LogP) is 1.46. The molecule has 1 fully saturated rings. The number of sulfonamides is 1. The Kier molecular flexibility index (Phi) is 4.88. The SMILES string of the molecule is Cn1cc(S(=O)(=O)N2CCC(Oc3nccc(C(F)(F)F)n3)CC2)cn1. The van der Waals surface area contributed by atoms with Gasteiger partial charge < -0.3 is 4.74 Å². The number of rotatable bonds is 4. The summed E-state index contributed by atoms with van der Waals surface area (Å²) in [5.41, 5.74) is -1.08. The monoisotopic (exact) mass is 391 g/mol. The Balaban J connectivity index is 1.62. The molecular weight excluding hydrogens is 375 g/mol. The zero-order valence-electron chi connectivity index (χ0n) is 13.7. The van der Waals surface area contributed by atoms with Crippen molar-refractivity contribution in [2.75, 3.05) is 13.1 Å². The van der Waals surface area contributed by atoms with Gasteiger partial charge in [-0.2, -0.15) is 27.6 Å². The number of ether oxygens (including phenoxy) is 1. The number of alkyl halides is 3. The molecule has 3 heterocycles. The van der Waals surface area contributed by atoms with Crippen LogP contribution in [-0.4, -0.2) is 51.7 Å². The Hall–Kier alpha value is -2.21. The average molecular weight is 391 g/mol. The van der Waals surface area contributed by atoms with Crippen molar-refractivity contribution in [1.82, 2.24) is 24.1 Å². The van der Waals surface area contributed by atoms with Gasteiger partial charge in [0, 0.05) is 32.5 Å². The van der Waals surface area contributed by atoms with Gasteiger partial charge in [0.2, 0.25) is 10.0 Å². The number of aryl methyl sites for hydroxylation is 1. The van der Waals surface area contributed by atoms with Gasteiger partial charge in [-0.25, -0.2) is 13.4 Å². The maximum atomic E-state index is 12.7. The predicted molar refractivity (Wildman–Crippen MR) is 82.7 cm³/mol. The van der Waals surface area contributed by atoms with Crippen molar-refractivity contribution < 1.29 is 26.3 Å². The second-order valence-electron chi connectivity index (χ2n) is 5.79. The van der Waals surface area contributed by atoms with E-state index in [-0.39, 0.29) is 24.0 Å². The highest BCUT2D eigenvalue weighted by Gasteiger charge is 2.34. The molecule has 0 amide bonds. The largest absolute Gasteiger partial charge is 0.460 e. The van der Waals surface area contributed by atoms with E-state index in [1.54, 1.807) is 7.05 Å². The average Bonchev–Trinajstić information content (AvgIpc) is 3.02. The van der Waals surface area contributed by atoms with Gasteiger partial charge in [-0.3, -0.25) is 4.68 Å². The summed E-state index contributed by atoms with van der Waals surface area (Å²) < 4.78 is 71.1. The molecule has 0 aliphatic carbocycles. The first-order chi connectivity index (χ1) is 12.2. The molecule has 0 saturated carbocycles. The van der Waals surface area contributed by atoms with Crippen LogP contribution in [-0.2, 0) is 23.2 Å². The maximum absolute atomic E-state index is 12.7. The van der Waals surface area contributed by atoms with E-state index in [0.29, 0.717) is 12.8 Å². The van der Waals surface area contributed by atoms with Gasteiger partial charge in [0.05, 0.1) is 6.20 Å². The highest BCUT2D eigenvalue weighted by Crippen LogP contribution is 2.28. The van der Waals surface area contributed by atoms with Crippen LogP contribution < -0.4 is 4.74 Å². The molecule has 1 aliphatic rings. The molecule has 1 aliphatic heterocycles. The number of aromatic nitrogens is 4. The van der Waals surface area contributed by atoms with Crippen LogP contribution in [0.5, 0.6) is 6.01 Å². The minimum absolute atomic E-state index is 0.0978. The maximum Gasteiger partial charge on any atom is 0.433 e. The van der Waals surface area contributed by atoms with Crippen LogP contribution >= 0.6 is 0 Å². The molecule has 1 saturated heterocycles. The van der Waals surface area contributed by atoms with E-state index < -0.39 is 28.0 Å². The summed E-state index contributed by atoms with van der Waals surface area (Å²) in [6.07, 6.45) is -0.741. The topological polar surface area (TPSA) is 90.2 Å². The van der Waals surface area contributed by atoms with Crippen LogP contribution in [0.25, 0.3) is 0 Å². The smallest absolute Gasteiger partial charge is 0.433 e. The third-order valence-corrected chi connectivity index (χ3v) is 5.77. The Morgan fingerprint density at radius 1 is 1.27 bits per heavy atom. The van der Waals surface area contributed by atoms with Gasteiger partial charge in [0.1, 0.15) is 11.0 Å². The van der Waals surface area contributed by atoms with Crippen molar-refractivity contribution in [3.8, 4) is 6.01 Å². The van der Waals surface area contributed by atoms with Crippen LogP contribution in [0.3, 0.4) is 0 Å². The summed E-state index contributed by atoms with van der Waals surface area (Å²) >= 11 is 0. The number of halogens is 3. The molecule has 8 nitrogen and oxygen atoms in total. The first kappa shape index (κ1) is 18.6. The van der Waals surface area contributed by atoms with E-state index in [1.165, 1.54) is 21.4 Å². The molecule has 2 aromatic rings. The van der Waals surface area contributed by atoms with Crippen LogP contribution in [0.2, 0.25) is 0 Å². The molecule has 0 spiro atoms. The van der Waals surface area contributed by atoms with E-state index in [4.69, 9.17) is 4.74 Å². The Morgan fingerprint density at radius 3 is 2.54 bits per heavy atom. The molecular formula is C14H16F3N5O3S. The molecule has 0 unspecified atom stereocenters. The third kappa shape index (κ3) is 3.96. The molecule has 0 radical (unpaired) electrons. The van der Waals surface area contributed by atoms with Crippen molar-refractivity contribution >= 4 is 10.0 Å². The molecule has 0 N–H and O–H groups in total. The molecule has 3 rings (SSSR count). The van der Waals surface area contributed by atoms with Gasteiger partial charge in [-0.1, -0.05) is 0 Å². The van der Waals surface area contributed by atoms with E-state index in [9.17, 15) is 21.6 Å². The number of hydrogen-bond donors (Lipinski definition) is 0.